The summed E-state index contributed by atoms with van der Waals surface area (Å²) < 4.78 is 0. The van der Waals surface area contributed by atoms with Crippen LogP contribution < -0.4 is 5.73 Å². The highest BCUT2D eigenvalue weighted by molar-refractivity contribution is 5.95. The van der Waals surface area contributed by atoms with E-state index in [0.717, 1.165) is 31.5 Å². The second-order valence-corrected chi connectivity index (χ2v) is 5.81. The Morgan fingerprint density at radius 2 is 2.05 bits per heavy atom. The van der Waals surface area contributed by atoms with Crippen LogP contribution in [-0.4, -0.2) is 35.5 Å². The monoisotopic (exact) mass is 262 g/mol. The summed E-state index contributed by atoms with van der Waals surface area (Å²) in [6, 6.07) is 4.89. The summed E-state index contributed by atoms with van der Waals surface area (Å²) in [6.45, 7) is 6.22. The number of amides is 1. The molecule has 0 radical (unpaired) electrons. The fourth-order valence-electron chi connectivity index (χ4n) is 2.51. The molecule has 1 aromatic carbocycles. The number of piperidine rings is 1. The number of nitrogens with two attached hydrogens (primary N) is 1. The summed E-state index contributed by atoms with van der Waals surface area (Å²) in [6.07, 6.45) is 1.90. The van der Waals surface area contributed by atoms with E-state index < -0.39 is 0 Å². The van der Waals surface area contributed by atoms with Crippen LogP contribution >= 0.6 is 0 Å². The summed E-state index contributed by atoms with van der Waals surface area (Å²) >= 11 is 0. The van der Waals surface area contributed by atoms with E-state index >= 15 is 0 Å². The molecular formula is C15H22N2O2. The molecular weight excluding hydrogens is 240 g/mol. The molecule has 19 heavy (non-hydrogen) atoms. The molecule has 1 aliphatic heterocycles. The van der Waals surface area contributed by atoms with Gasteiger partial charge in [0, 0.05) is 18.7 Å². The van der Waals surface area contributed by atoms with E-state index in [1.165, 1.54) is 0 Å². The number of rotatable bonds is 2. The molecule has 0 spiro atoms. The Morgan fingerprint density at radius 3 is 2.58 bits per heavy atom. The molecule has 0 saturated carbocycles. The average molecular weight is 262 g/mol. The molecule has 1 aliphatic rings. The van der Waals surface area contributed by atoms with Crippen molar-refractivity contribution in [2.75, 3.05) is 19.6 Å². The molecule has 3 N–H and O–H groups in total. The minimum Gasteiger partial charge on any atom is -0.508 e. The van der Waals surface area contributed by atoms with E-state index in [9.17, 15) is 9.90 Å². The lowest BCUT2D eigenvalue weighted by Gasteiger charge is -2.38. The van der Waals surface area contributed by atoms with Gasteiger partial charge in [-0.15, -0.1) is 0 Å². The van der Waals surface area contributed by atoms with E-state index in [4.69, 9.17) is 5.73 Å². The van der Waals surface area contributed by atoms with Crippen molar-refractivity contribution in [1.82, 2.24) is 4.90 Å². The smallest absolute Gasteiger partial charge is 0.254 e. The van der Waals surface area contributed by atoms with Crippen molar-refractivity contribution >= 4 is 5.91 Å². The maximum atomic E-state index is 12.4. The maximum absolute atomic E-state index is 12.4. The molecule has 1 heterocycles. The summed E-state index contributed by atoms with van der Waals surface area (Å²) in [4.78, 5) is 14.3. The van der Waals surface area contributed by atoms with Gasteiger partial charge in [-0.25, -0.2) is 0 Å². The van der Waals surface area contributed by atoms with Gasteiger partial charge < -0.3 is 15.7 Å². The minimum absolute atomic E-state index is 0.0524. The van der Waals surface area contributed by atoms with Gasteiger partial charge in [0.25, 0.3) is 5.91 Å². The van der Waals surface area contributed by atoms with Crippen molar-refractivity contribution < 1.29 is 9.90 Å². The van der Waals surface area contributed by atoms with Crippen LogP contribution in [0, 0.1) is 12.3 Å². The zero-order valence-electron chi connectivity index (χ0n) is 11.6. The molecule has 1 saturated heterocycles. The van der Waals surface area contributed by atoms with Crippen LogP contribution in [0.1, 0.15) is 35.7 Å². The van der Waals surface area contributed by atoms with Gasteiger partial charge in [0.05, 0.1) is 0 Å². The van der Waals surface area contributed by atoms with Crippen LogP contribution in [0.15, 0.2) is 18.2 Å². The topological polar surface area (TPSA) is 66.6 Å². The fourth-order valence-corrected chi connectivity index (χ4v) is 2.51. The molecule has 0 aliphatic carbocycles. The Hall–Kier alpha value is -1.55. The standard InChI is InChI=1S/C15H22N2O2/c1-11-9-12(18)3-4-13(11)14(19)17-7-5-15(2,10-16)6-8-17/h3-4,9,18H,5-8,10,16H2,1-2H3. The number of hydrogen-bond donors (Lipinski definition) is 2. The second-order valence-electron chi connectivity index (χ2n) is 5.81. The van der Waals surface area contributed by atoms with Crippen LogP contribution in [0.4, 0.5) is 0 Å². The van der Waals surface area contributed by atoms with Gasteiger partial charge in [-0.1, -0.05) is 6.92 Å². The molecule has 1 fully saturated rings. The van der Waals surface area contributed by atoms with Gasteiger partial charge in [-0.05, 0) is 55.5 Å². The van der Waals surface area contributed by atoms with Crippen LogP contribution in [0.5, 0.6) is 5.75 Å². The van der Waals surface area contributed by atoms with E-state index in [2.05, 4.69) is 6.92 Å². The SMILES string of the molecule is Cc1cc(O)ccc1C(=O)N1CCC(C)(CN)CC1. The molecule has 0 atom stereocenters. The lowest BCUT2D eigenvalue weighted by Crippen LogP contribution is -2.44. The van der Waals surface area contributed by atoms with E-state index in [1.54, 1.807) is 18.2 Å². The van der Waals surface area contributed by atoms with Crippen LogP contribution in [-0.2, 0) is 0 Å². The summed E-state index contributed by atoms with van der Waals surface area (Å²) in [7, 11) is 0. The minimum atomic E-state index is 0.0524. The zero-order chi connectivity index (χ0) is 14.0. The molecule has 4 nitrogen and oxygen atoms in total. The number of carbonyl (C=O) groups excluding carboxylic acids is 1. The predicted octanol–water partition coefficient (Wildman–Crippen LogP) is 1.90. The van der Waals surface area contributed by atoms with Crippen LogP contribution in [0.25, 0.3) is 0 Å². The van der Waals surface area contributed by atoms with Crippen molar-refractivity contribution in [3.63, 3.8) is 0 Å². The lowest BCUT2D eigenvalue weighted by atomic mass is 9.80. The molecule has 4 heteroatoms. The van der Waals surface area contributed by atoms with Gasteiger partial charge in [0.1, 0.15) is 5.75 Å². The Balaban J connectivity index is 2.09. The summed E-state index contributed by atoms with van der Waals surface area (Å²) in [5.74, 6) is 0.250. The molecule has 1 amide bonds. The van der Waals surface area contributed by atoms with Gasteiger partial charge in [-0.2, -0.15) is 0 Å². The zero-order valence-corrected chi connectivity index (χ0v) is 11.6. The van der Waals surface area contributed by atoms with Crippen molar-refractivity contribution in [1.29, 1.82) is 0 Å². The van der Waals surface area contributed by atoms with E-state index in [1.807, 2.05) is 11.8 Å². The summed E-state index contributed by atoms with van der Waals surface area (Å²) in [5.41, 5.74) is 7.44. The van der Waals surface area contributed by atoms with E-state index in [0.29, 0.717) is 12.1 Å². The van der Waals surface area contributed by atoms with Gasteiger partial charge in [0.15, 0.2) is 0 Å². The Morgan fingerprint density at radius 1 is 1.42 bits per heavy atom. The normalized spacial score (nSPS) is 18.4. The van der Waals surface area contributed by atoms with Gasteiger partial charge >= 0.3 is 0 Å². The molecule has 2 rings (SSSR count). The maximum Gasteiger partial charge on any atom is 0.254 e. The first-order valence-electron chi connectivity index (χ1n) is 6.74. The lowest BCUT2D eigenvalue weighted by molar-refractivity contribution is 0.0617. The van der Waals surface area contributed by atoms with Gasteiger partial charge in [0.2, 0.25) is 0 Å². The molecule has 0 unspecified atom stereocenters. The predicted molar refractivity (Wildman–Crippen MR) is 75.1 cm³/mol. The van der Waals surface area contributed by atoms with Crippen molar-refractivity contribution in [3.05, 3.63) is 29.3 Å². The van der Waals surface area contributed by atoms with Crippen molar-refractivity contribution in [2.24, 2.45) is 11.1 Å². The number of likely N-dealkylation sites (tertiary alicyclic amines) is 1. The Bertz CT molecular complexity index is 477. The van der Waals surface area contributed by atoms with Crippen molar-refractivity contribution in [3.8, 4) is 5.75 Å². The van der Waals surface area contributed by atoms with Crippen molar-refractivity contribution in [2.45, 2.75) is 26.7 Å². The average Bonchev–Trinajstić information content (AvgIpc) is 2.39. The Labute approximate surface area is 114 Å². The third-order valence-electron chi connectivity index (χ3n) is 4.19. The molecule has 0 aromatic heterocycles. The Kier molecular flexibility index (Phi) is 3.80. The highest BCUT2D eigenvalue weighted by Crippen LogP contribution is 2.30. The highest BCUT2D eigenvalue weighted by Gasteiger charge is 2.31. The number of aromatic hydroxyl groups is 1. The number of carbonyl (C=O) groups is 1. The number of hydrogen-bond acceptors (Lipinski definition) is 3. The first-order valence-corrected chi connectivity index (χ1v) is 6.74. The quantitative estimate of drug-likeness (QED) is 0.855. The molecule has 104 valence electrons. The molecule has 1 aromatic rings. The highest BCUT2D eigenvalue weighted by atomic mass is 16.3. The van der Waals surface area contributed by atoms with E-state index in [-0.39, 0.29) is 17.1 Å². The second kappa shape index (κ2) is 5.21. The largest absolute Gasteiger partial charge is 0.508 e. The summed E-state index contributed by atoms with van der Waals surface area (Å²) in [5, 5.41) is 9.39. The third kappa shape index (κ3) is 2.89. The number of phenols is 1. The number of aryl methyl sites for hydroxylation is 1. The molecule has 0 bridgehead atoms. The van der Waals surface area contributed by atoms with Crippen LogP contribution in [0.3, 0.4) is 0 Å². The third-order valence-corrected chi connectivity index (χ3v) is 4.19. The van der Waals surface area contributed by atoms with Gasteiger partial charge in [-0.3, -0.25) is 4.79 Å². The number of benzene rings is 1. The first kappa shape index (κ1) is 13.9. The number of nitrogens with zero attached hydrogens (tertiary/aromatic N) is 1. The number of phenolic OH excluding ortho intramolecular Hbond substituents is 1. The van der Waals surface area contributed by atoms with Crippen LogP contribution in [0.2, 0.25) is 0 Å². The fraction of sp³-hybridized carbons (Fsp3) is 0.533. The first-order chi connectivity index (χ1) is 8.95.